The Bertz CT molecular complexity index is 726. The number of amides is 2. The van der Waals surface area contributed by atoms with Crippen molar-refractivity contribution < 1.29 is 19.1 Å². The van der Waals surface area contributed by atoms with Crippen LogP contribution in [0.5, 0.6) is 0 Å². The third kappa shape index (κ3) is 4.42. The SMILES string of the molecule is COC(=O)c1ccc(NC(=O)CN(C(C)=O)c2ccccc2)cc1. The van der Waals surface area contributed by atoms with Crippen LogP contribution in [0.25, 0.3) is 0 Å². The van der Waals surface area contributed by atoms with Crippen molar-refractivity contribution in [3.63, 3.8) is 0 Å². The summed E-state index contributed by atoms with van der Waals surface area (Å²) in [5.41, 5.74) is 1.58. The number of hydrogen-bond donors (Lipinski definition) is 1. The summed E-state index contributed by atoms with van der Waals surface area (Å²) >= 11 is 0. The average Bonchev–Trinajstić information content (AvgIpc) is 2.60. The number of hydrogen-bond acceptors (Lipinski definition) is 4. The smallest absolute Gasteiger partial charge is 0.337 e. The molecule has 6 heteroatoms. The average molecular weight is 326 g/mol. The van der Waals surface area contributed by atoms with Crippen molar-refractivity contribution in [1.82, 2.24) is 0 Å². The monoisotopic (exact) mass is 326 g/mol. The summed E-state index contributed by atoms with van der Waals surface area (Å²) < 4.78 is 4.61. The molecular formula is C18H18N2O4. The Morgan fingerprint density at radius 2 is 1.62 bits per heavy atom. The third-order valence-corrected chi connectivity index (χ3v) is 3.34. The van der Waals surface area contributed by atoms with Gasteiger partial charge in [-0.05, 0) is 36.4 Å². The lowest BCUT2D eigenvalue weighted by molar-refractivity contribution is -0.120. The fourth-order valence-electron chi connectivity index (χ4n) is 2.14. The Morgan fingerprint density at radius 1 is 1.00 bits per heavy atom. The zero-order chi connectivity index (χ0) is 17.5. The number of anilines is 2. The van der Waals surface area contributed by atoms with E-state index in [2.05, 4.69) is 10.1 Å². The molecule has 0 atom stereocenters. The Labute approximate surface area is 140 Å². The molecule has 0 bridgehead atoms. The molecule has 0 aliphatic rings. The third-order valence-electron chi connectivity index (χ3n) is 3.34. The normalized spacial score (nSPS) is 9.92. The maximum Gasteiger partial charge on any atom is 0.337 e. The van der Waals surface area contributed by atoms with Crippen molar-refractivity contribution in [1.29, 1.82) is 0 Å². The maximum absolute atomic E-state index is 12.2. The number of para-hydroxylation sites is 1. The van der Waals surface area contributed by atoms with E-state index in [9.17, 15) is 14.4 Å². The van der Waals surface area contributed by atoms with Gasteiger partial charge in [0.2, 0.25) is 11.8 Å². The van der Waals surface area contributed by atoms with Gasteiger partial charge in [-0.15, -0.1) is 0 Å². The second-order valence-corrected chi connectivity index (χ2v) is 5.06. The molecule has 2 amide bonds. The molecule has 1 N–H and O–H groups in total. The lowest BCUT2D eigenvalue weighted by atomic mass is 10.2. The predicted molar refractivity (Wildman–Crippen MR) is 90.9 cm³/mol. The number of benzene rings is 2. The van der Waals surface area contributed by atoms with E-state index in [1.165, 1.54) is 18.9 Å². The summed E-state index contributed by atoms with van der Waals surface area (Å²) in [5, 5.41) is 2.70. The topological polar surface area (TPSA) is 75.7 Å². The maximum atomic E-state index is 12.2. The van der Waals surface area contributed by atoms with Gasteiger partial charge in [0.25, 0.3) is 0 Å². The van der Waals surface area contributed by atoms with E-state index in [0.29, 0.717) is 16.9 Å². The number of ether oxygens (including phenoxy) is 1. The number of nitrogens with zero attached hydrogens (tertiary/aromatic N) is 1. The van der Waals surface area contributed by atoms with E-state index < -0.39 is 5.97 Å². The van der Waals surface area contributed by atoms with Crippen LogP contribution in [-0.4, -0.2) is 31.4 Å². The summed E-state index contributed by atoms with van der Waals surface area (Å²) in [6, 6.07) is 15.3. The Hall–Kier alpha value is -3.15. The molecule has 0 aliphatic heterocycles. The van der Waals surface area contributed by atoms with Crippen LogP contribution in [-0.2, 0) is 14.3 Å². The highest BCUT2D eigenvalue weighted by molar-refractivity contribution is 6.02. The standard InChI is InChI=1S/C18H18N2O4/c1-13(21)20(16-6-4-3-5-7-16)12-17(22)19-15-10-8-14(9-11-15)18(23)24-2/h3-11H,12H2,1-2H3,(H,19,22). The summed E-state index contributed by atoms with van der Waals surface area (Å²) in [6.45, 7) is 1.31. The Morgan fingerprint density at radius 3 is 2.17 bits per heavy atom. The summed E-state index contributed by atoms with van der Waals surface area (Å²) in [6.07, 6.45) is 0. The first-order valence-corrected chi connectivity index (χ1v) is 7.32. The van der Waals surface area contributed by atoms with Crippen molar-refractivity contribution in [3.8, 4) is 0 Å². The molecule has 0 unspecified atom stereocenters. The van der Waals surface area contributed by atoms with Gasteiger partial charge >= 0.3 is 5.97 Å². The quantitative estimate of drug-likeness (QED) is 0.857. The summed E-state index contributed by atoms with van der Waals surface area (Å²) in [5.74, 6) is -1.00. The van der Waals surface area contributed by atoms with E-state index in [1.54, 1.807) is 48.5 Å². The van der Waals surface area contributed by atoms with Gasteiger partial charge < -0.3 is 15.0 Å². The molecule has 2 aromatic carbocycles. The first kappa shape index (κ1) is 17.2. The Balaban J connectivity index is 2.03. The number of esters is 1. The molecule has 0 aromatic heterocycles. The van der Waals surface area contributed by atoms with Gasteiger partial charge in [-0.3, -0.25) is 9.59 Å². The van der Waals surface area contributed by atoms with Crippen molar-refractivity contribution in [2.75, 3.05) is 23.9 Å². The van der Waals surface area contributed by atoms with Crippen LogP contribution in [0, 0.1) is 0 Å². The van der Waals surface area contributed by atoms with Crippen LogP contribution < -0.4 is 10.2 Å². The fourth-order valence-corrected chi connectivity index (χ4v) is 2.14. The minimum Gasteiger partial charge on any atom is -0.465 e. The molecule has 0 spiro atoms. The molecule has 6 nitrogen and oxygen atoms in total. The van der Waals surface area contributed by atoms with Crippen LogP contribution in [0.1, 0.15) is 17.3 Å². The molecule has 0 radical (unpaired) electrons. The lowest BCUT2D eigenvalue weighted by Gasteiger charge is -2.20. The van der Waals surface area contributed by atoms with Crippen LogP contribution in [0.15, 0.2) is 54.6 Å². The van der Waals surface area contributed by atoms with E-state index in [0.717, 1.165) is 0 Å². The van der Waals surface area contributed by atoms with Crippen molar-refractivity contribution >= 4 is 29.2 Å². The molecule has 0 fully saturated rings. The highest BCUT2D eigenvalue weighted by Crippen LogP contribution is 2.14. The van der Waals surface area contributed by atoms with Crippen LogP contribution in [0.4, 0.5) is 11.4 Å². The molecule has 124 valence electrons. The highest BCUT2D eigenvalue weighted by atomic mass is 16.5. The number of methoxy groups -OCH3 is 1. The van der Waals surface area contributed by atoms with Gasteiger partial charge in [0.05, 0.1) is 12.7 Å². The number of nitrogens with one attached hydrogen (secondary N) is 1. The predicted octanol–water partition coefficient (Wildman–Crippen LogP) is 2.46. The first-order chi connectivity index (χ1) is 11.5. The second kappa shape index (κ2) is 7.92. The van der Waals surface area contributed by atoms with Crippen LogP contribution in [0.3, 0.4) is 0 Å². The molecule has 0 saturated carbocycles. The molecular weight excluding hydrogens is 308 g/mol. The van der Waals surface area contributed by atoms with Crippen molar-refractivity contribution in [2.24, 2.45) is 0 Å². The molecule has 2 aromatic rings. The van der Waals surface area contributed by atoms with Gasteiger partial charge in [-0.25, -0.2) is 4.79 Å². The van der Waals surface area contributed by atoms with Crippen molar-refractivity contribution in [2.45, 2.75) is 6.92 Å². The van der Waals surface area contributed by atoms with Crippen LogP contribution in [0.2, 0.25) is 0 Å². The fraction of sp³-hybridized carbons (Fsp3) is 0.167. The minimum atomic E-state index is -0.445. The Kier molecular flexibility index (Phi) is 5.68. The second-order valence-electron chi connectivity index (χ2n) is 5.06. The molecule has 0 aliphatic carbocycles. The molecule has 0 heterocycles. The minimum absolute atomic E-state index is 0.0991. The number of rotatable bonds is 5. The summed E-state index contributed by atoms with van der Waals surface area (Å²) in [4.78, 5) is 36.7. The first-order valence-electron chi connectivity index (χ1n) is 7.32. The van der Waals surface area contributed by atoms with E-state index in [4.69, 9.17) is 0 Å². The van der Waals surface area contributed by atoms with Crippen molar-refractivity contribution in [3.05, 3.63) is 60.2 Å². The largest absolute Gasteiger partial charge is 0.465 e. The number of carbonyl (C=O) groups is 3. The molecule has 24 heavy (non-hydrogen) atoms. The van der Waals surface area contributed by atoms with Gasteiger partial charge in [0.1, 0.15) is 6.54 Å². The van der Waals surface area contributed by atoms with Gasteiger partial charge in [-0.2, -0.15) is 0 Å². The van der Waals surface area contributed by atoms with Gasteiger partial charge in [0, 0.05) is 18.3 Å². The zero-order valence-electron chi connectivity index (χ0n) is 13.5. The van der Waals surface area contributed by atoms with E-state index in [-0.39, 0.29) is 18.4 Å². The van der Waals surface area contributed by atoms with E-state index in [1.807, 2.05) is 6.07 Å². The zero-order valence-corrected chi connectivity index (χ0v) is 13.5. The van der Waals surface area contributed by atoms with Crippen LogP contribution >= 0.6 is 0 Å². The molecule has 0 saturated heterocycles. The molecule has 2 rings (SSSR count). The summed E-state index contributed by atoms with van der Waals surface area (Å²) in [7, 11) is 1.30. The lowest BCUT2D eigenvalue weighted by Crippen LogP contribution is -2.36. The highest BCUT2D eigenvalue weighted by Gasteiger charge is 2.15. The van der Waals surface area contributed by atoms with Gasteiger partial charge in [0.15, 0.2) is 0 Å². The van der Waals surface area contributed by atoms with E-state index >= 15 is 0 Å². The number of carbonyl (C=O) groups excluding carboxylic acids is 3. The van der Waals surface area contributed by atoms with Gasteiger partial charge in [-0.1, -0.05) is 18.2 Å².